The Morgan fingerprint density at radius 2 is 1.83 bits per heavy atom. The number of hydrogen-bond acceptors (Lipinski definition) is 5. The third kappa shape index (κ3) is 4.09. The van der Waals surface area contributed by atoms with Gasteiger partial charge in [-0.2, -0.15) is 13.2 Å². The second-order valence-electron chi connectivity index (χ2n) is 7.62. The average Bonchev–Trinajstić information content (AvgIpc) is 2.72. The molecular weight excluding hydrogens is 381 g/mol. The summed E-state index contributed by atoms with van der Waals surface area (Å²) >= 11 is 0. The molecule has 0 saturated carbocycles. The lowest BCUT2D eigenvalue weighted by atomic mass is 9.95. The van der Waals surface area contributed by atoms with E-state index in [0.717, 1.165) is 55.1 Å². The van der Waals surface area contributed by atoms with Crippen LogP contribution in [0.15, 0.2) is 24.3 Å². The highest BCUT2D eigenvalue weighted by molar-refractivity contribution is 5.51. The fourth-order valence-corrected chi connectivity index (χ4v) is 3.98. The van der Waals surface area contributed by atoms with Crippen LogP contribution in [0.3, 0.4) is 0 Å². The number of alkyl halides is 3. The van der Waals surface area contributed by atoms with Gasteiger partial charge in [-0.15, -0.1) is 0 Å². The molecule has 2 aromatic rings. The molecule has 0 amide bonds. The van der Waals surface area contributed by atoms with Gasteiger partial charge in [0.15, 0.2) is 0 Å². The molecule has 2 aliphatic rings. The number of piperazine rings is 1. The predicted octanol–water partition coefficient (Wildman–Crippen LogP) is 3.62. The standard InChI is InChI=1S/C21H25F3N4O/c1-3-19-25-17-12-18(14-6-4-5-7-16(14)21(22,23)24)29-13-15(17)20(26-19)28-10-8-27(2)9-11-28/h4-7,18H,3,8-13H2,1-2H3. The van der Waals surface area contributed by atoms with Gasteiger partial charge in [0, 0.05) is 44.6 Å². The maximum atomic E-state index is 13.5. The number of fused-ring (bicyclic) bond motifs is 1. The van der Waals surface area contributed by atoms with E-state index in [1.807, 2.05) is 6.92 Å². The van der Waals surface area contributed by atoms with Crippen molar-refractivity contribution in [1.29, 1.82) is 0 Å². The van der Waals surface area contributed by atoms with Crippen molar-refractivity contribution in [1.82, 2.24) is 14.9 Å². The van der Waals surface area contributed by atoms with Gasteiger partial charge in [-0.25, -0.2) is 9.97 Å². The molecule has 2 aliphatic heterocycles. The molecule has 0 radical (unpaired) electrons. The van der Waals surface area contributed by atoms with E-state index in [1.165, 1.54) is 12.1 Å². The second kappa shape index (κ2) is 7.91. The molecule has 0 aliphatic carbocycles. The quantitative estimate of drug-likeness (QED) is 0.779. The summed E-state index contributed by atoms with van der Waals surface area (Å²) in [6.07, 6.45) is -4.08. The van der Waals surface area contributed by atoms with Gasteiger partial charge in [0.1, 0.15) is 11.6 Å². The van der Waals surface area contributed by atoms with Crippen molar-refractivity contribution < 1.29 is 17.9 Å². The van der Waals surface area contributed by atoms with Crippen LogP contribution in [0.25, 0.3) is 0 Å². The lowest BCUT2D eigenvalue weighted by Gasteiger charge is -2.36. The number of aryl methyl sites for hydroxylation is 1. The fraction of sp³-hybridized carbons (Fsp3) is 0.524. The summed E-state index contributed by atoms with van der Waals surface area (Å²) in [6, 6.07) is 5.64. The number of aromatic nitrogens is 2. The molecule has 0 bridgehead atoms. The number of hydrogen-bond donors (Lipinski definition) is 0. The largest absolute Gasteiger partial charge is 0.416 e. The number of rotatable bonds is 3. The van der Waals surface area contributed by atoms with Crippen molar-refractivity contribution in [3.63, 3.8) is 0 Å². The normalized spacial score (nSPS) is 20.6. The van der Waals surface area contributed by atoms with Crippen molar-refractivity contribution in [2.45, 2.75) is 38.7 Å². The van der Waals surface area contributed by atoms with E-state index in [-0.39, 0.29) is 12.2 Å². The monoisotopic (exact) mass is 406 g/mol. The zero-order valence-electron chi connectivity index (χ0n) is 16.7. The zero-order chi connectivity index (χ0) is 20.6. The molecular formula is C21H25F3N4O. The van der Waals surface area contributed by atoms with Gasteiger partial charge in [0.05, 0.1) is 24.0 Å². The minimum Gasteiger partial charge on any atom is -0.368 e. The van der Waals surface area contributed by atoms with Gasteiger partial charge in [-0.1, -0.05) is 25.1 Å². The Balaban J connectivity index is 1.68. The lowest BCUT2D eigenvalue weighted by molar-refractivity contribution is -0.139. The summed E-state index contributed by atoms with van der Waals surface area (Å²) in [6.45, 7) is 5.83. The minimum atomic E-state index is -4.41. The van der Waals surface area contributed by atoms with Gasteiger partial charge in [-0.3, -0.25) is 0 Å². The van der Waals surface area contributed by atoms with Crippen molar-refractivity contribution in [2.24, 2.45) is 0 Å². The molecule has 1 atom stereocenters. The predicted molar refractivity (Wildman–Crippen MR) is 104 cm³/mol. The summed E-state index contributed by atoms with van der Waals surface area (Å²) < 4.78 is 46.3. The van der Waals surface area contributed by atoms with E-state index in [4.69, 9.17) is 9.72 Å². The minimum absolute atomic E-state index is 0.170. The maximum Gasteiger partial charge on any atom is 0.416 e. The second-order valence-corrected chi connectivity index (χ2v) is 7.62. The van der Waals surface area contributed by atoms with Crippen LogP contribution in [0.1, 0.15) is 41.2 Å². The van der Waals surface area contributed by atoms with Crippen LogP contribution in [0, 0.1) is 0 Å². The molecule has 4 rings (SSSR count). The Labute approximate surface area is 168 Å². The van der Waals surface area contributed by atoms with Gasteiger partial charge in [0.25, 0.3) is 0 Å². The number of ether oxygens (including phenoxy) is 1. The molecule has 8 heteroatoms. The molecule has 29 heavy (non-hydrogen) atoms. The third-order valence-corrected chi connectivity index (χ3v) is 5.66. The van der Waals surface area contributed by atoms with Crippen molar-refractivity contribution >= 4 is 5.82 Å². The molecule has 1 aromatic carbocycles. The highest BCUT2D eigenvalue weighted by Gasteiger charge is 2.37. The van der Waals surface area contributed by atoms with E-state index in [2.05, 4.69) is 21.8 Å². The number of nitrogens with zero attached hydrogens (tertiary/aromatic N) is 4. The summed E-state index contributed by atoms with van der Waals surface area (Å²) in [4.78, 5) is 13.9. The van der Waals surface area contributed by atoms with Crippen molar-refractivity contribution in [3.05, 3.63) is 52.5 Å². The van der Waals surface area contributed by atoms with E-state index in [9.17, 15) is 13.2 Å². The van der Waals surface area contributed by atoms with Gasteiger partial charge >= 0.3 is 6.18 Å². The summed E-state index contributed by atoms with van der Waals surface area (Å²) in [5, 5.41) is 0. The molecule has 1 aromatic heterocycles. The Kier molecular flexibility index (Phi) is 5.48. The summed E-state index contributed by atoms with van der Waals surface area (Å²) in [5.74, 6) is 1.60. The first-order valence-corrected chi connectivity index (χ1v) is 9.96. The van der Waals surface area contributed by atoms with E-state index in [0.29, 0.717) is 12.8 Å². The molecule has 1 unspecified atom stereocenters. The fourth-order valence-electron chi connectivity index (χ4n) is 3.98. The Morgan fingerprint density at radius 3 is 2.52 bits per heavy atom. The van der Waals surface area contributed by atoms with Gasteiger partial charge < -0.3 is 14.5 Å². The Morgan fingerprint density at radius 1 is 1.10 bits per heavy atom. The topological polar surface area (TPSA) is 41.5 Å². The van der Waals surface area contributed by atoms with Crippen LogP contribution in [0.2, 0.25) is 0 Å². The van der Waals surface area contributed by atoms with Gasteiger partial charge in [-0.05, 0) is 18.7 Å². The van der Waals surface area contributed by atoms with E-state index in [1.54, 1.807) is 6.07 Å². The highest BCUT2D eigenvalue weighted by atomic mass is 19.4. The van der Waals surface area contributed by atoms with Gasteiger partial charge in [0.2, 0.25) is 0 Å². The Hall–Kier alpha value is -2.19. The molecule has 0 N–H and O–H groups in total. The smallest absolute Gasteiger partial charge is 0.368 e. The van der Waals surface area contributed by atoms with Crippen LogP contribution >= 0.6 is 0 Å². The number of halogens is 3. The molecule has 1 fully saturated rings. The van der Waals surface area contributed by atoms with Crippen LogP contribution < -0.4 is 4.90 Å². The van der Waals surface area contributed by atoms with E-state index < -0.39 is 17.8 Å². The van der Waals surface area contributed by atoms with E-state index >= 15 is 0 Å². The number of benzene rings is 1. The molecule has 156 valence electrons. The summed E-state index contributed by atoms with van der Waals surface area (Å²) in [5.41, 5.74) is 1.24. The first-order chi connectivity index (χ1) is 13.9. The average molecular weight is 406 g/mol. The van der Waals surface area contributed by atoms with Crippen LogP contribution in [-0.4, -0.2) is 48.1 Å². The van der Waals surface area contributed by atoms with Crippen LogP contribution in [0.5, 0.6) is 0 Å². The molecule has 1 saturated heterocycles. The maximum absolute atomic E-state index is 13.5. The van der Waals surface area contributed by atoms with Crippen molar-refractivity contribution in [2.75, 3.05) is 38.1 Å². The molecule has 0 spiro atoms. The number of anilines is 1. The zero-order valence-corrected chi connectivity index (χ0v) is 16.7. The Bertz CT molecular complexity index is 879. The van der Waals surface area contributed by atoms with Crippen LogP contribution in [-0.2, 0) is 30.4 Å². The van der Waals surface area contributed by atoms with Crippen molar-refractivity contribution in [3.8, 4) is 0 Å². The molecule has 5 nitrogen and oxygen atoms in total. The lowest BCUT2D eigenvalue weighted by Crippen LogP contribution is -2.45. The third-order valence-electron chi connectivity index (χ3n) is 5.66. The van der Waals surface area contributed by atoms with Crippen LogP contribution in [0.4, 0.5) is 19.0 Å². The first kappa shape index (κ1) is 20.1. The first-order valence-electron chi connectivity index (χ1n) is 9.96. The number of likely N-dealkylation sites (N-methyl/N-ethyl adjacent to an activating group) is 1. The SMILES string of the molecule is CCc1nc2c(c(N3CCN(C)CC3)n1)COC(c1ccccc1C(F)(F)F)C2. The summed E-state index contributed by atoms with van der Waals surface area (Å²) in [7, 11) is 2.09. The highest BCUT2D eigenvalue weighted by Crippen LogP contribution is 2.40. The molecule has 3 heterocycles.